The number of alkyl halides is 2. The van der Waals surface area contributed by atoms with Gasteiger partial charge >= 0.3 is 0 Å². The molecule has 1 aromatic carbocycles. The molecule has 0 aliphatic rings. The van der Waals surface area contributed by atoms with Gasteiger partial charge in [-0.3, -0.25) is 4.79 Å². The summed E-state index contributed by atoms with van der Waals surface area (Å²) in [6.07, 6.45) is 0.415. The molecule has 1 amide bonds. The summed E-state index contributed by atoms with van der Waals surface area (Å²) in [5, 5.41) is 2.92. The van der Waals surface area contributed by atoms with Gasteiger partial charge < -0.3 is 10.2 Å². The number of anilines is 1. The first kappa shape index (κ1) is 18.1. The van der Waals surface area contributed by atoms with E-state index in [4.69, 9.17) is 23.2 Å². The maximum Gasteiger partial charge on any atom is 0.224 e. The molecule has 0 heterocycles. The lowest BCUT2D eigenvalue weighted by atomic mass is 10.1. The van der Waals surface area contributed by atoms with Crippen LogP contribution in [0.2, 0.25) is 0 Å². The van der Waals surface area contributed by atoms with Gasteiger partial charge in [0.15, 0.2) is 0 Å². The second-order valence-electron chi connectivity index (χ2n) is 5.41. The van der Waals surface area contributed by atoms with E-state index in [0.29, 0.717) is 24.1 Å². The van der Waals surface area contributed by atoms with Crippen LogP contribution < -0.4 is 10.2 Å². The molecule has 1 N–H and O–H groups in total. The summed E-state index contributed by atoms with van der Waals surface area (Å²) >= 11 is 11.6. The summed E-state index contributed by atoms with van der Waals surface area (Å²) in [7, 11) is 0. The topological polar surface area (TPSA) is 32.3 Å². The SMILES string of the molecule is CC(C)CNC(=O)Cc1ccc(N(CCCl)CCCl)cc1. The number of nitrogens with one attached hydrogen (secondary N) is 1. The van der Waals surface area contributed by atoms with Crippen molar-refractivity contribution < 1.29 is 4.79 Å². The molecule has 0 spiro atoms. The molecule has 0 unspecified atom stereocenters. The van der Waals surface area contributed by atoms with Crippen LogP contribution in [-0.4, -0.2) is 37.3 Å². The van der Waals surface area contributed by atoms with Crippen LogP contribution in [0.15, 0.2) is 24.3 Å². The molecule has 0 saturated carbocycles. The Labute approximate surface area is 137 Å². The smallest absolute Gasteiger partial charge is 0.224 e. The number of benzene rings is 1. The van der Waals surface area contributed by atoms with E-state index >= 15 is 0 Å². The fourth-order valence-corrected chi connectivity index (χ4v) is 2.37. The van der Waals surface area contributed by atoms with E-state index in [1.807, 2.05) is 24.3 Å². The number of carbonyl (C=O) groups is 1. The van der Waals surface area contributed by atoms with E-state index in [1.165, 1.54) is 0 Å². The van der Waals surface area contributed by atoms with Crippen LogP contribution in [0.1, 0.15) is 19.4 Å². The van der Waals surface area contributed by atoms with Crippen molar-refractivity contribution in [1.29, 1.82) is 0 Å². The second kappa shape index (κ2) is 9.91. The minimum Gasteiger partial charge on any atom is -0.369 e. The first-order chi connectivity index (χ1) is 10.1. The molecule has 118 valence electrons. The zero-order chi connectivity index (χ0) is 15.7. The molecule has 5 heteroatoms. The predicted octanol–water partition coefficient (Wildman–Crippen LogP) is 3.29. The fraction of sp³-hybridized carbons (Fsp3) is 0.562. The van der Waals surface area contributed by atoms with Crippen molar-refractivity contribution in [2.45, 2.75) is 20.3 Å². The molecule has 0 atom stereocenters. The van der Waals surface area contributed by atoms with Crippen molar-refractivity contribution in [3.05, 3.63) is 29.8 Å². The lowest BCUT2D eigenvalue weighted by Crippen LogP contribution is -2.29. The maximum atomic E-state index is 11.8. The number of carbonyl (C=O) groups excluding carboxylic acids is 1. The normalized spacial score (nSPS) is 10.7. The van der Waals surface area contributed by atoms with Gasteiger partial charge in [0.05, 0.1) is 6.42 Å². The van der Waals surface area contributed by atoms with E-state index < -0.39 is 0 Å². The number of rotatable bonds is 9. The molecular formula is C16H24Cl2N2O. The van der Waals surface area contributed by atoms with Crippen LogP contribution in [0.25, 0.3) is 0 Å². The van der Waals surface area contributed by atoms with Gasteiger partial charge in [-0.2, -0.15) is 0 Å². The highest BCUT2D eigenvalue weighted by Gasteiger charge is 2.07. The zero-order valence-corrected chi connectivity index (χ0v) is 14.3. The number of hydrogen-bond acceptors (Lipinski definition) is 2. The van der Waals surface area contributed by atoms with Gasteiger partial charge in [0.1, 0.15) is 0 Å². The van der Waals surface area contributed by atoms with Crippen LogP contribution in [0.5, 0.6) is 0 Å². The van der Waals surface area contributed by atoms with Gasteiger partial charge in [-0.25, -0.2) is 0 Å². The van der Waals surface area contributed by atoms with Crippen LogP contribution >= 0.6 is 23.2 Å². The highest BCUT2D eigenvalue weighted by atomic mass is 35.5. The zero-order valence-electron chi connectivity index (χ0n) is 12.7. The molecule has 0 fully saturated rings. The Bertz CT molecular complexity index is 415. The summed E-state index contributed by atoms with van der Waals surface area (Å²) in [4.78, 5) is 13.9. The summed E-state index contributed by atoms with van der Waals surface area (Å²) in [6, 6.07) is 8.01. The molecule has 0 saturated heterocycles. The van der Waals surface area contributed by atoms with Crippen LogP contribution in [0.4, 0.5) is 5.69 Å². The van der Waals surface area contributed by atoms with Crippen molar-refractivity contribution in [3.8, 4) is 0 Å². The van der Waals surface area contributed by atoms with Gasteiger partial charge in [0.25, 0.3) is 0 Å². The molecule has 1 aromatic rings. The average Bonchev–Trinajstić information content (AvgIpc) is 2.46. The van der Waals surface area contributed by atoms with Gasteiger partial charge in [-0.15, -0.1) is 23.2 Å². The molecule has 0 aliphatic carbocycles. The Morgan fingerprint density at radius 1 is 1.14 bits per heavy atom. The summed E-state index contributed by atoms with van der Waals surface area (Å²) in [5.41, 5.74) is 2.10. The average molecular weight is 331 g/mol. The highest BCUT2D eigenvalue weighted by molar-refractivity contribution is 6.18. The van der Waals surface area contributed by atoms with Crippen LogP contribution in [-0.2, 0) is 11.2 Å². The van der Waals surface area contributed by atoms with Crippen molar-refractivity contribution >= 4 is 34.8 Å². The monoisotopic (exact) mass is 330 g/mol. The molecular weight excluding hydrogens is 307 g/mol. The molecule has 0 aliphatic heterocycles. The predicted molar refractivity (Wildman–Crippen MR) is 91.6 cm³/mol. The molecule has 21 heavy (non-hydrogen) atoms. The Kier molecular flexibility index (Phi) is 8.55. The molecule has 0 bridgehead atoms. The Morgan fingerprint density at radius 2 is 1.71 bits per heavy atom. The third kappa shape index (κ3) is 7.05. The standard InChI is InChI=1S/C16H24Cl2N2O/c1-13(2)12-19-16(21)11-14-3-5-15(6-4-14)20(9-7-17)10-8-18/h3-6,13H,7-12H2,1-2H3,(H,19,21). The largest absolute Gasteiger partial charge is 0.369 e. The third-order valence-electron chi connectivity index (χ3n) is 3.08. The summed E-state index contributed by atoms with van der Waals surface area (Å²) < 4.78 is 0. The van der Waals surface area contributed by atoms with Gasteiger partial charge in [0, 0.05) is 37.1 Å². The quantitative estimate of drug-likeness (QED) is 0.704. The fourth-order valence-electron chi connectivity index (χ4n) is 1.96. The lowest BCUT2D eigenvalue weighted by molar-refractivity contribution is -0.120. The first-order valence-electron chi connectivity index (χ1n) is 7.29. The van der Waals surface area contributed by atoms with E-state index in [9.17, 15) is 4.79 Å². The Hall–Kier alpha value is -0.930. The lowest BCUT2D eigenvalue weighted by Gasteiger charge is -2.23. The van der Waals surface area contributed by atoms with Crippen LogP contribution in [0.3, 0.4) is 0 Å². The Balaban J connectivity index is 2.58. The number of halogens is 2. The molecule has 3 nitrogen and oxygen atoms in total. The summed E-state index contributed by atoms with van der Waals surface area (Å²) in [6.45, 7) is 6.41. The van der Waals surface area contributed by atoms with Crippen molar-refractivity contribution in [2.75, 3.05) is 36.3 Å². The van der Waals surface area contributed by atoms with E-state index in [2.05, 4.69) is 24.1 Å². The van der Waals surface area contributed by atoms with E-state index in [0.717, 1.165) is 30.9 Å². The van der Waals surface area contributed by atoms with Crippen LogP contribution in [0, 0.1) is 5.92 Å². The van der Waals surface area contributed by atoms with Gasteiger partial charge in [-0.1, -0.05) is 26.0 Å². The van der Waals surface area contributed by atoms with Crippen molar-refractivity contribution in [1.82, 2.24) is 5.32 Å². The number of amides is 1. The van der Waals surface area contributed by atoms with Crippen molar-refractivity contribution in [3.63, 3.8) is 0 Å². The first-order valence-corrected chi connectivity index (χ1v) is 8.36. The third-order valence-corrected chi connectivity index (χ3v) is 3.42. The molecule has 0 radical (unpaired) electrons. The van der Waals surface area contributed by atoms with E-state index in [-0.39, 0.29) is 5.91 Å². The highest BCUT2D eigenvalue weighted by Crippen LogP contribution is 2.16. The second-order valence-corrected chi connectivity index (χ2v) is 6.16. The van der Waals surface area contributed by atoms with Crippen molar-refractivity contribution in [2.24, 2.45) is 5.92 Å². The number of hydrogen-bond donors (Lipinski definition) is 1. The molecule has 1 rings (SSSR count). The summed E-state index contributed by atoms with van der Waals surface area (Å²) in [5.74, 6) is 1.66. The maximum absolute atomic E-state index is 11.8. The molecule has 0 aromatic heterocycles. The van der Waals surface area contributed by atoms with E-state index in [1.54, 1.807) is 0 Å². The Morgan fingerprint density at radius 3 is 2.19 bits per heavy atom. The minimum atomic E-state index is 0.0647. The minimum absolute atomic E-state index is 0.0647. The van der Waals surface area contributed by atoms with Gasteiger partial charge in [-0.05, 0) is 23.6 Å². The van der Waals surface area contributed by atoms with Gasteiger partial charge in [0.2, 0.25) is 5.91 Å². The number of nitrogens with zero attached hydrogens (tertiary/aromatic N) is 1.